The largest absolute Gasteiger partial charge is 0.316 e. The van der Waals surface area contributed by atoms with E-state index in [-0.39, 0.29) is 5.92 Å². The first kappa shape index (κ1) is 12.5. The molecule has 1 unspecified atom stereocenters. The molecule has 18 heavy (non-hydrogen) atoms. The summed E-state index contributed by atoms with van der Waals surface area (Å²) in [6.45, 7) is 1.71. The Morgan fingerprint density at radius 1 is 1.22 bits per heavy atom. The van der Waals surface area contributed by atoms with Gasteiger partial charge in [-0.3, -0.25) is 0 Å². The lowest BCUT2D eigenvalue weighted by molar-refractivity contribution is 0.378. The van der Waals surface area contributed by atoms with Crippen molar-refractivity contribution in [3.8, 4) is 0 Å². The van der Waals surface area contributed by atoms with Crippen molar-refractivity contribution in [3.05, 3.63) is 29.8 Å². The Labute approximate surface area is 112 Å². The molecule has 3 rings (SSSR count). The van der Waals surface area contributed by atoms with E-state index in [0.717, 1.165) is 18.8 Å². The van der Waals surface area contributed by atoms with Gasteiger partial charge in [-0.15, -0.1) is 11.8 Å². The number of hydrogen-bond acceptors (Lipinski definition) is 4. The lowest BCUT2D eigenvalue weighted by Gasteiger charge is -2.27. The Morgan fingerprint density at radius 3 is 2.72 bits per heavy atom. The topological polar surface area (TPSA) is 46.2 Å². The van der Waals surface area contributed by atoms with E-state index in [1.165, 1.54) is 10.5 Å². The molecule has 0 radical (unpaired) electrons. The fourth-order valence-corrected chi connectivity index (χ4v) is 5.97. The van der Waals surface area contributed by atoms with Crippen molar-refractivity contribution in [2.75, 3.05) is 30.3 Å². The van der Waals surface area contributed by atoms with Crippen molar-refractivity contribution in [1.29, 1.82) is 0 Å². The molecule has 0 aromatic heterocycles. The first-order valence-electron chi connectivity index (χ1n) is 6.27. The number of sulfone groups is 1. The SMILES string of the molecule is O=S(=O)(CC1CNC1)CC1CSc2ccccc21. The molecule has 98 valence electrons. The van der Waals surface area contributed by atoms with Crippen LogP contribution in [0.2, 0.25) is 0 Å². The van der Waals surface area contributed by atoms with Crippen LogP contribution < -0.4 is 5.32 Å². The van der Waals surface area contributed by atoms with E-state index in [0.29, 0.717) is 17.4 Å². The molecule has 0 aliphatic carbocycles. The monoisotopic (exact) mass is 283 g/mol. The Hall–Kier alpha value is -0.520. The summed E-state index contributed by atoms with van der Waals surface area (Å²) in [7, 11) is -2.92. The van der Waals surface area contributed by atoms with Crippen LogP contribution in [0.1, 0.15) is 11.5 Å². The third-order valence-corrected chi connectivity index (χ3v) is 6.75. The highest BCUT2D eigenvalue weighted by atomic mass is 32.2. The van der Waals surface area contributed by atoms with Gasteiger partial charge < -0.3 is 5.32 Å². The molecule has 5 heteroatoms. The summed E-state index contributed by atoms with van der Waals surface area (Å²) in [6.07, 6.45) is 0. The summed E-state index contributed by atoms with van der Waals surface area (Å²) >= 11 is 1.78. The van der Waals surface area contributed by atoms with E-state index in [1.54, 1.807) is 11.8 Å². The zero-order valence-electron chi connectivity index (χ0n) is 10.1. The molecule has 0 bridgehead atoms. The summed E-state index contributed by atoms with van der Waals surface area (Å²) in [5.74, 6) is 2.08. The predicted octanol–water partition coefficient (Wildman–Crippen LogP) is 1.51. The summed E-state index contributed by atoms with van der Waals surface area (Å²) in [4.78, 5) is 1.25. The van der Waals surface area contributed by atoms with Crippen LogP contribution in [0.5, 0.6) is 0 Å². The normalized spacial score (nSPS) is 23.7. The minimum atomic E-state index is -2.92. The maximum atomic E-state index is 12.2. The molecular weight excluding hydrogens is 266 g/mol. The maximum absolute atomic E-state index is 12.2. The van der Waals surface area contributed by atoms with E-state index in [1.807, 2.05) is 12.1 Å². The standard InChI is InChI=1S/C13H17NO2S2/c15-18(16,8-10-5-14-6-10)9-11-7-17-13-4-2-1-3-12(11)13/h1-4,10-11,14H,5-9H2. The average molecular weight is 283 g/mol. The Morgan fingerprint density at radius 2 is 2.00 bits per heavy atom. The fraction of sp³-hybridized carbons (Fsp3) is 0.538. The molecule has 0 saturated carbocycles. The summed E-state index contributed by atoms with van der Waals surface area (Å²) < 4.78 is 24.3. The average Bonchev–Trinajstić information content (AvgIpc) is 2.67. The number of nitrogens with one attached hydrogen (secondary N) is 1. The lowest BCUT2D eigenvalue weighted by Crippen LogP contribution is -2.46. The van der Waals surface area contributed by atoms with Gasteiger partial charge >= 0.3 is 0 Å². The molecular formula is C13H17NO2S2. The number of rotatable bonds is 4. The van der Waals surface area contributed by atoms with Gasteiger partial charge in [0.15, 0.2) is 9.84 Å². The molecule has 0 amide bonds. The number of benzene rings is 1. The van der Waals surface area contributed by atoms with Gasteiger partial charge in [-0.25, -0.2) is 8.42 Å². The van der Waals surface area contributed by atoms with Gasteiger partial charge in [0.1, 0.15) is 0 Å². The van der Waals surface area contributed by atoms with Crippen LogP contribution in [0, 0.1) is 5.92 Å². The minimum Gasteiger partial charge on any atom is -0.316 e. The van der Waals surface area contributed by atoms with E-state index < -0.39 is 9.84 Å². The molecule has 1 aromatic rings. The van der Waals surface area contributed by atoms with Crippen molar-refractivity contribution < 1.29 is 8.42 Å². The second-order valence-electron chi connectivity index (χ2n) is 5.15. The minimum absolute atomic E-state index is 0.184. The molecule has 1 saturated heterocycles. The van der Waals surface area contributed by atoms with Crippen LogP contribution >= 0.6 is 11.8 Å². The summed E-state index contributed by atoms with van der Waals surface area (Å²) in [5, 5.41) is 3.12. The summed E-state index contributed by atoms with van der Waals surface area (Å²) in [5.41, 5.74) is 1.22. The van der Waals surface area contributed by atoms with Crippen LogP contribution in [0.4, 0.5) is 0 Å². The highest BCUT2D eigenvalue weighted by Crippen LogP contribution is 2.40. The zero-order valence-corrected chi connectivity index (χ0v) is 11.8. The Balaban J connectivity index is 1.70. The summed E-state index contributed by atoms with van der Waals surface area (Å²) in [6, 6.07) is 8.17. The van der Waals surface area contributed by atoms with Crippen molar-refractivity contribution >= 4 is 21.6 Å². The molecule has 3 nitrogen and oxygen atoms in total. The molecule has 1 aromatic carbocycles. The maximum Gasteiger partial charge on any atom is 0.151 e. The van der Waals surface area contributed by atoms with Crippen LogP contribution in [-0.4, -0.2) is 38.8 Å². The highest BCUT2D eigenvalue weighted by Gasteiger charge is 2.30. The first-order valence-corrected chi connectivity index (χ1v) is 9.07. The molecule has 1 N–H and O–H groups in total. The van der Waals surface area contributed by atoms with E-state index in [2.05, 4.69) is 17.4 Å². The van der Waals surface area contributed by atoms with E-state index in [4.69, 9.17) is 0 Å². The first-order chi connectivity index (χ1) is 8.64. The van der Waals surface area contributed by atoms with Crippen LogP contribution in [0.15, 0.2) is 29.2 Å². The zero-order chi connectivity index (χ0) is 12.6. The molecule has 1 atom stereocenters. The van der Waals surface area contributed by atoms with Gasteiger partial charge in [0, 0.05) is 29.7 Å². The highest BCUT2D eigenvalue weighted by molar-refractivity contribution is 7.99. The quantitative estimate of drug-likeness (QED) is 0.910. The third kappa shape index (κ3) is 2.58. The smallest absolute Gasteiger partial charge is 0.151 e. The molecule has 1 fully saturated rings. The van der Waals surface area contributed by atoms with Crippen LogP contribution in [0.25, 0.3) is 0 Å². The predicted molar refractivity (Wildman–Crippen MR) is 74.9 cm³/mol. The van der Waals surface area contributed by atoms with Gasteiger partial charge in [0.05, 0.1) is 11.5 Å². The molecule has 2 heterocycles. The van der Waals surface area contributed by atoms with Gasteiger partial charge in [-0.05, 0) is 17.5 Å². The van der Waals surface area contributed by atoms with Crippen LogP contribution in [-0.2, 0) is 9.84 Å². The van der Waals surface area contributed by atoms with Gasteiger partial charge in [-0.2, -0.15) is 0 Å². The molecule has 0 spiro atoms. The van der Waals surface area contributed by atoms with Crippen molar-refractivity contribution in [3.63, 3.8) is 0 Å². The number of thioether (sulfide) groups is 1. The van der Waals surface area contributed by atoms with Gasteiger partial charge in [-0.1, -0.05) is 18.2 Å². The number of fused-ring (bicyclic) bond motifs is 1. The second-order valence-corrected chi connectivity index (χ2v) is 8.36. The Bertz CT molecular complexity index is 538. The Kier molecular flexibility index (Phi) is 3.38. The molecule has 2 aliphatic heterocycles. The number of hydrogen-bond donors (Lipinski definition) is 1. The van der Waals surface area contributed by atoms with E-state index in [9.17, 15) is 8.42 Å². The van der Waals surface area contributed by atoms with Crippen molar-refractivity contribution in [1.82, 2.24) is 5.32 Å². The van der Waals surface area contributed by atoms with Gasteiger partial charge in [0.25, 0.3) is 0 Å². The second kappa shape index (κ2) is 4.87. The lowest BCUT2D eigenvalue weighted by atomic mass is 10.0. The molecule has 2 aliphatic rings. The van der Waals surface area contributed by atoms with E-state index >= 15 is 0 Å². The van der Waals surface area contributed by atoms with Crippen molar-refractivity contribution in [2.24, 2.45) is 5.92 Å². The van der Waals surface area contributed by atoms with Crippen molar-refractivity contribution in [2.45, 2.75) is 10.8 Å². The fourth-order valence-electron chi connectivity index (χ4n) is 2.57. The van der Waals surface area contributed by atoms with Crippen LogP contribution in [0.3, 0.4) is 0 Å². The van der Waals surface area contributed by atoms with Gasteiger partial charge in [0.2, 0.25) is 0 Å². The third-order valence-electron chi connectivity index (χ3n) is 3.61.